The van der Waals surface area contributed by atoms with Crippen molar-refractivity contribution in [3.63, 3.8) is 0 Å². The predicted molar refractivity (Wildman–Crippen MR) is 70.6 cm³/mol. The quantitative estimate of drug-likeness (QED) is 0.628. The van der Waals surface area contributed by atoms with Gasteiger partial charge in [0.2, 0.25) is 0 Å². The largest absolute Gasteiger partial charge is 0.381 e. The van der Waals surface area contributed by atoms with Gasteiger partial charge in [0.15, 0.2) is 0 Å². The summed E-state index contributed by atoms with van der Waals surface area (Å²) < 4.78 is 0. The van der Waals surface area contributed by atoms with Gasteiger partial charge in [-0.3, -0.25) is 10.1 Å². The number of nitro groups is 1. The number of aromatic amines is 1. The maximum Gasteiger partial charge on any atom is 0.274 e. The zero-order chi connectivity index (χ0) is 13.0. The summed E-state index contributed by atoms with van der Waals surface area (Å²) in [7, 11) is 0. The van der Waals surface area contributed by atoms with Crippen molar-refractivity contribution in [1.82, 2.24) is 4.98 Å². The number of nitro benzene ring substituents is 1. The van der Waals surface area contributed by atoms with E-state index in [1.54, 1.807) is 12.1 Å². The molecule has 0 atom stereocenters. The summed E-state index contributed by atoms with van der Waals surface area (Å²) in [5.74, 6) is 0. The zero-order valence-corrected chi connectivity index (χ0v) is 10.1. The molecule has 0 aliphatic rings. The Morgan fingerprint density at radius 2 is 2.22 bits per heavy atom. The standard InChI is InChI=1S/C13H15N3O2/c1-2-11-3-4-12(7-13(11)16(17)18)15-9-10-5-6-14-8-10/h3-8,14-15H,2,9H2,1H3. The molecule has 0 amide bonds. The van der Waals surface area contributed by atoms with Gasteiger partial charge in [-0.15, -0.1) is 0 Å². The van der Waals surface area contributed by atoms with Crippen LogP contribution >= 0.6 is 0 Å². The third kappa shape index (κ3) is 2.68. The van der Waals surface area contributed by atoms with Gasteiger partial charge in [-0.1, -0.05) is 13.0 Å². The summed E-state index contributed by atoms with van der Waals surface area (Å²) in [5, 5.41) is 14.1. The van der Waals surface area contributed by atoms with E-state index in [9.17, 15) is 10.1 Å². The lowest BCUT2D eigenvalue weighted by Crippen LogP contribution is -2.00. The highest BCUT2D eigenvalue weighted by molar-refractivity contribution is 5.55. The number of H-pyrrole nitrogens is 1. The van der Waals surface area contributed by atoms with Crippen molar-refractivity contribution in [3.05, 3.63) is 57.9 Å². The van der Waals surface area contributed by atoms with Crippen molar-refractivity contribution in [1.29, 1.82) is 0 Å². The van der Waals surface area contributed by atoms with E-state index in [-0.39, 0.29) is 10.6 Å². The fourth-order valence-electron chi connectivity index (χ4n) is 1.82. The molecule has 2 N–H and O–H groups in total. The minimum Gasteiger partial charge on any atom is -0.381 e. The Hall–Kier alpha value is -2.30. The van der Waals surface area contributed by atoms with Crippen LogP contribution in [-0.4, -0.2) is 9.91 Å². The monoisotopic (exact) mass is 245 g/mol. The van der Waals surface area contributed by atoms with E-state index in [2.05, 4.69) is 10.3 Å². The number of nitrogens with one attached hydrogen (secondary N) is 2. The number of nitrogens with zero attached hydrogens (tertiary/aromatic N) is 1. The van der Waals surface area contributed by atoms with Gasteiger partial charge >= 0.3 is 0 Å². The highest BCUT2D eigenvalue weighted by Crippen LogP contribution is 2.23. The molecule has 5 nitrogen and oxygen atoms in total. The van der Waals surface area contributed by atoms with E-state index in [4.69, 9.17) is 0 Å². The Kier molecular flexibility index (Phi) is 3.62. The first kappa shape index (κ1) is 12.2. The average molecular weight is 245 g/mol. The fourth-order valence-corrected chi connectivity index (χ4v) is 1.82. The van der Waals surface area contributed by atoms with Gasteiger partial charge in [0, 0.05) is 36.3 Å². The van der Waals surface area contributed by atoms with Crippen LogP contribution in [-0.2, 0) is 13.0 Å². The van der Waals surface area contributed by atoms with Gasteiger partial charge < -0.3 is 10.3 Å². The van der Waals surface area contributed by atoms with Crippen LogP contribution < -0.4 is 5.32 Å². The molecule has 0 aliphatic heterocycles. The van der Waals surface area contributed by atoms with Gasteiger partial charge in [0.1, 0.15) is 0 Å². The predicted octanol–water partition coefficient (Wildman–Crippen LogP) is 3.10. The maximum absolute atomic E-state index is 10.9. The number of hydrogen-bond donors (Lipinski definition) is 2. The zero-order valence-electron chi connectivity index (χ0n) is 10.1. The number of hydrogen-bond acceptors (Lipinski definition) is 3. The summed E-state index contributed by atoms with van der Waals surface area (Å²) in [6.45, 7) is 2.56. The molecule has 18 heavy (non-hydrogen) atoms. The molecule has 1 heterocycles. The van der Waals surface area contributed by atoms with Crippen LogP contribution in [0.1, 0.15) is 18.1 Å². The first-order chi connectivity index (χ1) is 8.70. The molecule has 0 unspecified atom stereocenters. The van der Waals surface area contributed by atoms with Gasteiger partial charge in [0.25, 0.3) is 5.69 Å². The van der Waals surface area contributed by atoms with Crippen molar-refractivity contribution in [2.45, 2.75) is 19.9 Å². The Balaban J connectivity index is 2.14. The average Bonchev–Trinajstić information content (AvgIpc) is 2.89. The second-order valence-electron chi connectivity index (χ2n) is 4.03. The Labute approximate surface area is 105 Å². The molecule has 2 aromatic rings. The molecule has 2 rings (SSSR count). The molecule has 1 aromatic heterocycles. The topological polar surface area (TPSA) is 71.0 Å². The number of benzene rings is 1. The minimum atomic E-state index is -0.333. The van der Waals surface area contributed by atoms with Gasteiger partial charge in [-0.05, 0) is 24.1 Å². The maximum atomic E-state index is 10.9. The first-order valence-corrected chi connectivity index (χ1v) is 5.83. The Morgan fingerprint density at radius 3 is 2.83 bits per heavy atom. The number of aromatic nitrogens is 1. The molecule has 0 saturated heterocycles. The molecule has 0 bridgehead atoms. The third-order valence-corrected chi connectivity index (χ3v) is 2.82. The first-order valence-electron chi connectivity index (χ1n) is 5.83. The second-order valence-corrected chi connectivity index (χ2v) is 4.03. The highest BCUT2D eigenvalue weighted by Gasteiger charge is 2.12. The SMILES string of the molecule is CCc1ccc(NCc2cc[nH]c2)cc1[N+](=O)[O-]. The van der Waals surface area contributed by atoms with Crippen molar-refractivity contribution in [2.24, 2.45) is 0 Å². The second kappa shape index (κ2) is 5.35. The van der Waals surface area contributed by atoms with E-state index < -0.39 is 0 Å². The normalized spacial score (nSPS) is 10.3. The molecule has 94 valence electrons. The fraction of sp³-hybridized carbons (Fsp3) is 0.231. The molecule has 0 fully saturated rings. The minimum absolute atomic E-state index is 0.177. The molecular formula is C13H15N3O2. The number of rotatable bonds is 5. The molecule has 0 spiro atoms. The summed E-state index contributed by atoms with van der Waals surface area (Å²) >= 11 is 0. The molecule has 0 radical (unpaired) electrons. The van der Waals surface area contributed by atoms with Crippen LogP contribution in [0.3, 0.4) is 0 Å². The number of anilines is 1. The van der Waals surface area contributed by atoms with Crippen LogP contribution in [0, 0.1) is 10.1 Å². The van der Waals surface area contributed by atoms with E-state index in [1.807, 2.05) is 31.5 Å². The lowest BCUT2D eigenvalue weighted by atomic mass is 10.1. The summed E-state index contributed by atoms with van der Waals surface area (Å²) in [5.41, 5.74) is 2.81. The molecule has 5 heteroatoms. The number of aryl methyl sites for hydroxylation is 1. The van der Waals surface area contributed by atoms with E-state index in [0.717, 1.165) is 16.8 Å². The Morgan fingerprint density at radius 1 is 1.39 bits per heavy atom. The van der Waals surface area contributed by atoms with Crippen LogP contribution in [0.25, 0.3) is 0 Å². The van der Waals surface area contributed by atoms with Gasteiger partial charge in [-0.2, -0.15) is 0 Å². The highest BCUT2D eigenvalue weighted by atomic mass is 16.6. The van der Waals surface area contributed by atoms with Crippen LogP contribution in [0.4, 0.5) is 11.4 Å². The Bertz CT molecular complexity index is 535. The van der Waals surface area contributed by atoms with E-state index in [0.29, 0.717) is 13.0 Å². The third-order valence-electron chi connectivity index (χ3n) is 2.82. The van der Waals surface area contributed by atoms with Crippen molar-refractivity contribution >= 4 is 11.4 Å². The summed E-state index contributed by atoms with van der Waals surface area (Å²) in [6, 6.07) is 7.23. The van der Waals surface area contributed by atoms with E-state index in [1.165, 1.54) is 0 Å². The van der Waals surface area contributed by atoms with Gasteiger partial charge in [-0.25, -0.2) is 0 Å². The van der Waals surface area contributed by atoms with Crippen LogP contribution in [0.15, 0.2) is 36.7 Å². The van der Waals surface area contributed by atoms with Crippen LogP contribution in [0.2, 0.25) is 0 Å². The van der Waals surface area contributed by atoms with Crippen LogP contribution in [0.5, 0.6) is 0 Å². The van der Waals surface area contributed by atoms with Gasteiger partial charge in [0.05, 0.1) is 4.92 Å². The van der Waals surface area contributed by atoms with Crippen molar-refractivity contribution in [2.75, 3.05) is 5.32 Å². The van der Waals surface area contributed by atoms with E-state index >= 15 is 0 Å². The van der Waals surface area contributed by atoms with Crippen molar-refractivity contribution in [3.8, 4) is 0 Å². The summed E-state index contributed by atoms with van der Waals surface area (Å²) in [4.78, 5) is 13.6. The lowest BCUT2D eigenvalue weighted by Gasteiger charge is -2.06. The smallest absolute Gasteiger partial charge is 0.274 e. The lowest BCUT2D eigenvalue weighted by molar-refractivity contribution is -0.385. The summed E-state index contributed by atoms with van der Waals surface area (Å²) in [6.07, 6.45) is 4.40. The molecular weight excluding hydrogens is 230 g/mol. The molecule has 1 aromatic carbocycles. The molecule has 0 saturated carbocycles. The molecule has 0 aliphatic carbocycles. The van der Waals surface area contributed by atoms with Crippen molar-refractivity contribution < 1.29 is 4.92 Å².